The first-order valence-corrected chi connectivity index (χ1v) is 8.06. The second kappa shape index (κ2) is 7.05. The molecule has 0 N–H and O–H groups in total. The molecule has 1 aromatic carbocycles. The Morgan fingerprint density at radius 2 is 1.74 bits per heavy atom. The quantitative estimate of drug-likeness (QED) is 0.733. The summed E-state index contributed by atoms with van der Waals surface area (Å²) in [5, 5.41) is 0. The predicted molar refractivity (Wildman–Crippen MR) is 80.8 cm³/mol. The van der Waals surface area contributed by atoms with Crippen molar-refractivity contribution in [1.29, 1.82) is 0 Å². The number of sulfonamides is 1. The number of halogens is 1. The molecule has 23 heavy (non-hydrogen) atoms. The van der Waals surface area contributed by atoms with Crippen LogP contribution in [0.3, 0.4) is 0 Å². The molecule has 0 radical (unpaired) electrons. The van der Waals surface area contributed by atoms with Crippen LogP contribution in [0.4, 0.5) is 4.39 Å². The third-order valence-electron chi connectivity index (χ3n) is 3.01. The highest BCUT2D eigenvalue weighted by molar-refractivity contribution is 7.89. The fraction of sp³-hybridized carbons (Fsp3) is 0.429. The molecule has 0 aliphatic heterocycles. The van der Waals surface area contributed by atoms with Crippen LogP contribution in [0.2, 0.25) is 0 Å². The lowest BCUT2D eigenvalue weighted by Gasteiger charge is -2.18. The summed E-state index contributed by atoms with van der Waals surface area (Å²) >= 11 is 0. The maximum absolute atomic E-state index is 13.8. The fourth-order valence-corrected chi connectivity index (χ4v) is 2.60. The van der Waals surface area contributed by atoms with Gasteiger partial charge in [0.25, 0.3) is 5.91 Å². The zero-order valence-electron chi connectivity index (χ0n) is 13.5. The van der Waals surface area contributed by atoms with Gasteiger partial charge in [0, 0.05) is 28.2 Å². The van der Waals surface area contributed by atoms with E-state index in [4.69, 9.17) is 4.74 Å². The van der Waals surface area contributed by atoms with Crippen molar-refractivity contribution in [2.75, 3.05) is 28.2 Å². The van der Waals surface area contributed by atoms with E-state index in [1.807, 2.05) is 0 Å². The predicted octanol–water partition coefficient (Wildman–Crippen LogP) is 0.709. The Hall–Kier alpha value is -2.00. The summed E-state index contributed by atoms with van der Waals surface area (Å²) < 4.78 is 43.7. The molecule has 1 rings (SSSR count). The number of nitrogens with zero attached hydrogens (tertiary/aromatic N) is 2. The number of carbonyl (C=O) groups excluding carboxylic acids is 2. The summed E-state index contributed by atoms with van der Waals surface area (Å²) in [6.45, 7) is 1.35. The molecular weight excluding hydrogens is 327 g/mol. The van der Waals surface area contributed by atoms with Crippen molar-refractivity contribution >= 4 is 21.9 Å². The van der Waals surface area contributed by atoms with E-state index < -0.39 is 39.4 Å². The van der Waals surface area contributed by atoms with Crippen molar-refractivity contribution in [1.82, 2.24) is 9.21 Å². The summed E-state index contributed by atoms with van der Waals surface area (Å²) in [4.78, 5) is 24.6. The van der Waals surface area contributed by atoms with Crippen molar-refractivity contribution in [2.45, 2.75) is 17.9 Å². The number of benzene rings is 1. The lowest BCUT2D eigenvalue weighted by atomic mass is 10.2. The Labute approximate surface area is 134 Å². The van der Waals surface area contributed by atoms with Crippen molar-refractivity contribution in [3.63, 3.8) is 0 Å². The fourth-order valence-electron chi connectivity index (χ4n) is 1.67. The average molecular weight is 346 g/mol. The molecule has 0 aliphatic rings. The minimum Gasteiger partial charge on any atom is -0.449 e. The van der Waals surface area contributed by atoms with Crippen LogP contribution in [0, 0.1) is 5.82 Å². The van der Waals surface area contributed by atoms with Crippen LogP contribution in [-0.2, 0) is 19.6 Å². The number of likely N-dealkylation sites (N-methyl/N-ethyl adjacent to an activating group) is 1. The number of hydrogen-bond acceptors (Lipinski definition) is 5. The van der Waals surface area contributed by atoms with Crippen LogP contribution in [0.15, 0.2) is 23.1 Å². The van der Waals surface area contributed by atoms with Gasteiger partial charge in [-0.05, 0) is 25.1 Å². The Kier molecular flexibility index (Phi) is 5.84. The van der Waals surface area contributed by atoms with E-state index in [9.17, 15) is 22.4 Å². The highest BCUT2D eigenvalue weighted by Gasteiger charge is 2.25. The standard InChI is InChI=1S/C14H19FN2O5S/c1-9(13(18)16(2)3)22-14(19)11-8-10(6-7-12(11)15)23(20,21)17(4)5/h6-9H,1-5H3/t9-/m1/s1. The van der Waals surface area contributed by atoms with Crippen LogP contribution in [0.25, 0.3) is 0 Å². The Bertz CT molecular complexity index is 716. The third-order valence-corrected chi connectivity index (χ3v) is 4.82. The summed E-state index contributed by atoms with van der Waals surface area (Å²) in [6.07, 6.45) is -1.12. The number of ether oxygens (including phenoxy) is 1. The Morgan fingerprint density at radius 1 is 1.17 bits per heavy atom. The van der Waals surface area contributed by atoms with Gasteiger partial charge in [0.15, 0.2) is 6.10 Å². The number of amides is 1. The van der Waals surface area contributed by atoms with Gasteiger partial charge < -0.3 is 9.64 Å². The van der Waals surface area contributed by atoms with Gasteiger partial charge in [0.2, 0.25) is 10.0 Å². The van der Waals surface area contributed by atoms with Gasteiger partial charge in [0.1, 0.15) is 5.82 Å². The monoisotopic (exact) mass is 346 g/mol. The van der Waals surface area contributed by atoms with Gasteiger partial charge in [-0.3, -0.25) is 4.79 Å². The molecule has 1 amide bonds. The van der Waals surface area contributed by atoms with Gasteiger partial charge >= 0.3 is 5.97 Å². The minimum absolute atomic E-state index is 0.248. The molecule has 0 aliphatic carbocycles. The van der Waals surface area contributed by atoms with Crippen LogP contribution in [0.5, 0.6) is 0 Å². The molecule has 0 bridgehead atoms. The van der Waals surface area contributed by atoms with Crippen molar-refractivity contribution in [3.05, 3.63) is 29.6 Å². The normalized spacial score (nSPS) is 12.8. The molecule has 0 saturated carbocycles. The molecule has 0 heterocycles. The van der Waals surface area contributed by atoms with E-state index in [0.29, 0.717) is 0 Å². The van der Waals surface area contributed by atoms with Crippen molar-refractivity contribution in [2.24, 2.45) is 0 Å². The number of hydrogen-bond donors (Lipinski definition) is 0. The maximum atomic E-state index is 13.8. The van der Waals surface area contributed by atoms with E-state index in [0.717, 1.165) is 22.5 Å². The van der Waals surface area contributed by atoms with Gasteiger partial charge in [-0.25, -0.2) is 21.9 Å². The average Bonchev–Trinajstić information content (AvgIpc) is 2.45. The maximum Gasteiger partial charge on any atom is 0.341 e. The van der Waals surface area contributed by atoms with Gasteiger partial charge in [-0.2, -0.15) is 0 Å². The smallest absolute Gasteiger partial charge is 0.341 e. The largest absolute Gasteiger partial charge is 0.449 e. The Morgan fingerprint density at radius 3 is 2.22 bits per heavy atom. The second-order valence-electron chi connectivity index (χ2n) is 5.21. The van der Waals surface area contributed by atoms with E-state index in [-0.39, 0.29) is 4.90 Å². The molecule has 7 nitrogen and oxygen atoms in total. The molecule has 0 spiro atoms. The number of rotatable bonds is 5. The zero-order valence-corrected chi connectivity index (χ0v) is 14.3. The summed E-state index contributed by atoms with van der Waals surface area (Å²) in [5.41, 5.74) is -0.550. The molecule has 128 valence electrons. The molecule has 1 atom stereocenters. The van der Waals surface area contributed by atoms with Crippen molar-refractivity contribution < 1.29 is 27.1 Å². The van der Waals surface area contributed by atoms with Crippen LogP contribution in [-0.4, -0.2) is 63.8 Å². The molecule has 9 heteroatoms. The first-order valence-electron chi connectivity index (χ1n) is 6.62. The van der Waals surface area contributed by atoms with Gasteiger partial charge in [0.05, 0.1) is 10.5 Å². The van der Waals surface area contributed by atoms with E-state index in [1.54, 1.807) is 0 Å². The van der Waals surface area contributed by atoms with Crippen LogP contribution >= 0.6 is 0 Å². The van der Waals surface area contributed by atoms with Gasteiger partial charge in [-0.15, -0.1) is 0 Å². The van der Waals surface area contributed by atoms with Crippen LogP contribution in [0.1, 0.15) is 17.3 Å². The van der Waals surface area contributed by atoms with Crippen molar-refractivity contribution in [3.8, 4) is 0 Å². The highest BCUT2D eigenvalue weighted by atomic mass is 32.2. The Balaban J connectivity index is 3.14. The minimum atomic E-state index is -3.82. The molecule has 0 unspecified atom stereocenters. The molecule has 0 saturated heterocycles. The lowest BCUT2D eigenvalue weighted by molar-refractivity contribution is -0.137. The topological polar surface area (TPSA) is 84.0 Å². The number of carbonyl (C=O) groups is 2. The third kappa shape index (κ3) is 4.26. The van der Waals surface area contributed by atoms with E-state index >= 15 is 0 Å². The second-order valence-corrected chi connectivity index (χ2v) is 7.36. The van der Waals surface area contributed by atoms with E-state index in [2.05, 4.69) is 0 Å². The summed E-state index contributed by atoms with van der Waals surface area (Å²) in [7, 11) is 1.77. The first-order chi connectivity index (χ1) is 10.5. The van der Waals surface area contributed by atoms with Crippen LogP contribution < -0.4 is 0 Å². The van der Waals surface area contributed by atoms with Gasteiger partial charge in [-0.1, -0.05) is 0 Å². The summed E-state index contributed by atoms with van der Waals surface area (Å²) in [5.74, 6) is -2.52. The SMILES string of the molecule is C[C@@H](OC(=O)c1cc(S(=O)(=O)N(C)C)ccc1F)C(=O)N(C)C. The molecule has 0 fully saturated rings. The molecular formula is C14H19FN2O5S. The highest BCUT2D eigenvalue weighted by Crippen LogP contribution is 2.19. The molecule has 0 aromatic heterocycles. The summed E-state index contributed by atoms with van der Waals surface area (Å²) in [6, 6.07) is 2.81. The lowest BCUT2D eigenvalue weighted by Crippen LogP contribution is -2.35. The number of esters is 1. The van der Waals surface area contributed by atoms with E-state index in [1.165, 1.54) is 40.0 Å². The first kappa shape index (κ1) is 19.0. The molecule has 1 aromatic rings. The zero-order chi connectivity index (χ0) is 17.9.